The molecule has 0 spiro atoms. The van der Waals surface area contributed by atoms with Crippen LogP contribution in [0.1, 0.15) is 43.4 Å². The van der Waals surface area contributed by atoms with Crippen LogP contribution in [-0.4, -0.2) is 37.8 Å². The third kappa shape index (κ3) is 4.84. The zero-order valence-electron chi connectivity index (χ0n) is 16.8. The Balaban J connectivity index is 1.64. The lowest BCUT2D eigenvalue weighted by molar-refractivity contribution is 0.180. The van der Waals surface area contributed by atoms with E-state index in [1.807, 2.05) is 31.2 Å². The topological polar surface area (TPSA) is 65.9 Å². The first-order chi connectivity index (χ1) is 13.7. The maximum Gasteiger partial charge on any atom is 0.191 e. The Morgan fingerprint density at radius 3 is 2.57 bits per heavy atom. The fraction of sp³-hybridized carbons (Fsp3) is 0.435. The highest BCUT2D eigenvalue weighted by molar-refractivity contribution is 5.79. The van der Waals surface area contributed by atoms with Crippen LogP contribution in [0.15, 0.2) is 59.6 Å². The standard InChI is InChI=1S/C23H31N3O2/c1-3-24-22(25-16-21(27)18-9-7-12-20(15-18)28-2)26-17-23(13-8-14-23)19-10-5-4-6-11-19/h4-7,9-12,15,21,27H,3,8,13-14,16-17H2,1-2H3,(H2,24,25,26). The van der Waals surface area contributed by atoms with Crippen LogP contribution in [-0.2, 0) is 5.41 Å². The van der Waals surface area contributed by atoms with Crippen LogP contribution < -0.4 is 15.4 Å². The first-order valence-electron chi connectivity index (χ1n) is 10.1. The molecule has 1 fully saturated rings. The van der Waals surface area contributed by atoms with Gasteiger partial charge in [0, 0.05) is 18.5 Å². The number of nitrogens with one attached hydrogen (secondary N) is 2. The van der Waals surface area contributed by atoms with E-state index >= 15 is 0 Å². The van der Waals surface area contributed by atoms with Crippen molar-refractivity contribution >= 4 is 5.96 Å². The lowest BCUT2D eigenvalue weighted by Crippen LogP contribution is -2.42. The highest BCUT2D eigenvalue weighted by Crippen LogP contribution is 2.43. The van der Waals surface area contributed by atoms with Crippen molar-refractivity contribution in [1.29, 1.82) is 0 Å². The zero-order valence-corrected chi connectivity index (χ0v) is 16.8. The van der Waals surface area contributed by atoms with Crippen LogP contribution in [0.3, 0.4) is 0 Å². The molecule has 3 N–H and O–H groups in total. The number of hydrogen-bond donors (Lipinski definition) is 3. The third-order valence-corrected chi connectivity index (χ3v) is 5.52. The van der Waals surface area contributed by atoms with Gasteiger partial charge in [0.15, 0.2) is 5.96 Å². The summed E-state index contributed by atoms with van der Waals surface area (Å²) in [4.78, 5) is 4.84. The number of aliphatic hydroxyl groups excluding tert-OH is 1. The van der Waals surface area contributed by atoms with E-state index in [-0.39, 0.29) is 5.41 Å². The van der Waals surface area contributed by atoms with Gasteiger partial charge in [-0.15, -0.1) is 0 Å². The molecular weight excluding hydrogens is 350 g/mol. The summed E-state index contributed by atoms with van der Waals surface area (Å²) in [5, 5.41) is 17.1. The molecule has 28 heavy (non-hydrogen) atoms. The van der Waals surface area contributed by atoms with Gasteiger partial charge in [0.2, 0.25) is 0 Å². The van der Waals surface area contributed by atoms with E-state index in [2.05, 4.69) is 41.0 Å². The van der Waals surface area contributed by atoms with E-state index in [0.29, 0.717) is 6.54 Å². The van der Waals surface area contributed by atoms with Crippen LogP contribution in [0.5, 0.6) is 5.75 Å². The highest BCUT2D eigenvalue weighted by Gasteiger charge is 2.38. The molecular formula is C23H31N3O2. The Labute approximate surface area is 167 Å². The molecule has 1 atom stereocenters. The maximum absolute atomic E-state index is 10.5. The van der Waals surface area contributed by atoms with E-state index in [1.165, 1.54) is 24.8 Å². The number of benzene rings is 2. The number of ether oxygens (including phenoxy) is 1. The van der Waals surface area contributed by atoms with Crippen molar-refractivity contribution in [2.75, 3.05) is 26.7 Å². The summed E-state index contributed by atoms with van der Waals surface area (Å²) in [7, 11) is 1.63. The molecule has 1 unspecified atom stereocenters. The second-order valence-corrected chi connectivity index (χ2v) is 7.37. The van der Waals surface area contributed by atoms with E-state index < -0.39 is 6.10 Å². The molecule has 1 saturated carbocycles. The van der Waals surface area contributed by atoms with Gasteiger partial charge < -0.3 is 20.5 Å². The number of nitrogens with zero attached hydrogens (tertiary/aromatic N) is 1. The Kier molecular flexibility index (Phi) is 6.93. The largest absolute Gasteiger partial charge is 0.497 e. The fourth-order valence-corrected chi connectivity index (χ4v) is 3.67. The fourth-order valence-electron chi connectivity index (χ4n) is 3.67. The molecule has 3 rings (SSSR count). The van der Waals surface area contributed by atoms with Crippen molar-refractivity contribution in [2.24, 2.45) is 4.99 Å². The minimum absolute atomic E-state index is 0.148. The Bertz CT molecular complexity index is 772. The van der Waals surface area contributed by atoms with Gasteiger partial charge in [0.25, 0.3) is 0 Å². The van der Waals surface area contributed by atoms with Gasteiger partial charge in [0.1, 0.15) is 5.75 Å². The van der Waals surface area contributed by atoms with E-state index in [4.69, 9.17) is 9.73 Å². The van der Waals surface area contributed by atoms with Crippen molar-refractivity contribution < 1.29 is 9.84 Å². The van der Waals surface area contributed by atoms with Gasteiger partial charge in [-0.1, -0.05) is 48.9 Å². The molecule has 2 aromatic carbocycles. The normalized spacial score (nSPS) is 16.8. The summed E-state index contributed by atoms with van der Waals surface area (Å²) >= 11 is 0. The second-order valence-electron chi connectivity index (χ2n) is 7.37. The minimum atomic E-state index is -0.634. The van der Waals surface area contributed by atoms with Gasteiger partial charge in [-0.3, -0.25) is 4.99 Å². The second kappa shape index (κ2) is 9.60. The van der Waals surface area contributed by atoms with Crippen molar-refractivity contribution in [3.8, 4) is 5.75 Å². The smallest absolute Gasteiger partial charge is 0.191 e. The Morgan fingerprint density at radius 2 is 1.93 bits per heavy atom. The van der Waals surface area contributed by atoms with Crippen LogP contribution in [0.25, 0.3) is 0 Å². The first kappa shape index (κ1) is 20.2. The molecule has 150 valence electrons. The molecule has 1 aliphatic carbocycles. The van der Waals surface area contributed by atoms with E-state index in [1.54, 1.807) is 7.11 Å². The van der Waals surface area contributed by atoms with E-state index in [0.717, 1.165) is 30.4 Å². The van der Waals surface area contributed by atoms with Crippen molar-refractivity contribution in [2.45, 2.75) is 37.7 Å². The predicted octanol–water partition coefficient (Wildman–Crippen LogP) is 3.41. The summed E-state index contributed by atoms with van der Waals surface area (Å²) in [6.07, 6.45) is 2.97. The van der Waals surface area contributed by atoms with Crippen LogP contribution in [0, 0.1) is 0 Å². The van der Waals surface area contributed by atoms with Crippen LogP contribution >= 0.6 is 0 Å². The van der Waals surface area contributed by atoms with E-state index in [9.17, 15) is 5.11 Å². The molecule has 2 aromatic rings. The quantitative estimate of drug-likeness (QED) is 0.484. The molecule has 1 aliphatic rings. The van der Waals surface area contributed by atoms with Crippen molar-refractivity contribution in [3.05, 3.63) is 65.7 Å². The number of hydrogen-bond acceptors (Lipinski definition) is 3. The molecule has 0 amide bonds. The number of aliphatic hydroxyl groups is 1. The highest BCUT2D eigenvalue weighted by atomic mass is 16.5. The average molecular weight is 382 g/mol. The summed E-state index contributed by atoms with van der Waals surface area (Å²) in [5.41, 5.74) is 2.34. The summed E-state index contributed by atoms with van der Waals surface area (Å²) < 4.78 is 5.24. The number of methoxy groups -OCH3 is 1. The minimum Gasteiger partial charge on any atom is -0.497 e. The Morgan fingerprint density at radius 1 is 1.14 bits per heavy atom. The number of aliphatic imine (C=N–C) groups is 1. The third-order valence-electron chi connectivity index (χ3n) is 5.52. The molecule has 0 saturated heterocycles. The predicted molar refractivity (Wildman–Crippen MR) is 114 cm³/mol. The SMILES string of the molecule is CCNC(=NCC1(c2ccccc2)CCC1)NCC(O)c1cccc(OC)c1. The maximum atomic E-state index is 10.5. The van der Waals surface area contributed by atoms with Gasteiger partial charge in [-0.2, -0.15) is 0 Å². The first-order valence-corrected chi connectivity index (χ1v) is 10.1. The summed E-state index contributed by atoms with van der Waals surface area (Å²) in [5.74, 6) is 1.48. The van der Waals surface area contributed by atoms with Crippen molar-refractivity contribution in [1.82, 2.24) is 10.6 Å². The van der Waals surface area contributed by atoms with Crippen LogP contribution in [0.2, 0.25) is 0 Å². The molecule has 0 bridgehead atoms. The molecule has 0 heterocycles. The lowest BCUT2D eigenvalue weighted by atomic mass is 9.64. The van der Waals surface area contributed by atoms with Gasteiger partial charge in [0.05, 0.1) is 19.8 Å². The molecule has 0 radical (unpaired) electrons. The average Bonchev–Trinajstić information content (AvgIpc) is 2.71. The molecule has 5 nitrogen and oxygen atoms in total. The monoisotopic (exact) mass is 381 g/mol. The van der Waals surface area contributed by atoms with Gasteiger partial charge in [-0.25, -0.2) is 0 Å². The molecule has 0 aliphatic heterocycles. The van der Waals surface area contributed by atoms with Crippen LogP contribution in [0.4, 0.5) is 0 Å². The molecule has 0 aromatic heterocycles. The number of guanidine groups is 1. The van der Waals surface area contributed by atoms with Crippen molar-refractivity contribution in [3.63, 3.8) is 0 Å². The van der Waals surface area contributed by atoms with Gasteiger partial charge >= 0.3 is 0 Å². The molecule has 5 heteroatoms. The lowest BCUT2D eigenvalue weighted by Gasteiger charge is -2.41. The zero-order chi connectivity index (χ0) is 19.8. The van der Waals surface area contributed by atoms with Gasteiger partial charge in [-0.05, 0) is 43.0 Å². The summed E-state index contributed by atoms with van der Waals surface area (Å²) in [6, 6.07) is 18.2. The summed E-state index contributed by atoms with van der Waals surface area (Å²) in [6.45, 7) is 3.96. The Hall–Kier alpha value is -2.53. The number of rotatable bonds is 8.